The van der Waals surface area contributed by atoms with Gasteiger partial charge in [0.05, 0.1) is 18.6 Å². The van der Waals surface area contributed by atoms with Crippen molar-refractivity contribution in [1.82, 2.24) is 0 Å². The van der Waals surface area contributed by atoms with Gasteiger partial charge in [0.15, 0.2) is 0 Å². The topological polar surface area (TPSA) is 19.0 Å². The Morgan fingerprint density at radius 1 is 0.506 bits per heavy atom. The van der Waals surface area contributed by atoms with Gasteiger partial charge in [0.1, 0.15) is 11.8 Å². The fraction of sp³-hybridized carbons (Fsp3) is 0.417. The third-order valence-corrected chi connectivity index (χ3v) is 20.1. The van der Waals surface area contributed by atoms with E-state index in [0.717, 1.165) is 89.3 Å². The molecule has 0 N–H and O–H groups in total. The molecule has 0 spiro atoms. The van der Waals surface area contributed by atoms with Crippen LogP contribution < -0.4 is 30.4 Å². The lowest BCUT2D eigenvalue weighted by Gasteiger charge is -2.50. The van der Waals surface area contributed by atoms with E-state index in [1.807, 2.05) is 4.90 Å². The van der Waals surface area contributed by atoms with E-state index >= 15 is 0 Å². The normalized spacial score (nSPS) is 22.9. The van der Waals surface area contributed by atoms with Gasteiger partial charge in [-0.1, -0.05) is 171 Å². The van der Waals surface area contributed by atoms with Gasteiger partial charge in [-0.25, -0.2) is 0 Å². The summed E-state index contributed by atoms with van der Waals surface area (Å²) in [6, 6.07) is 38.9. The quantitative estimate of drug-likeness (QED) is 0.160. The number of nitrogens with zero attached hydrogens (tertiary/aromatic N) is 3. The molecule has 0 amide bonds. The molecule has 3 aliphatic heterocycles. The second-order valence-corrected chi connectivity index (χ2v) is 29.0. The number of hydrogen-bond donors (Lipinski definition) is 0. The van der Waals surface area contributed by atoms with Crippen LogP contribution >= 0.6 is 0 Å². The Labute approximate surface area is 469 Å². The molecule has 13 rings (SSSR count). The standard InChI is InChI=1S/C72H82BN3O/c1-66(2,3)45-25-27-47(28-26-45)74(46-21-17-16-18-22-46)50-41-60-63-61(42-50)76(49-30-32-53-55(40-49)70(10,11)36-34-68(53,6)7)64-51-23-19-20-24-62(51)77-65(64)73(63)58-43-56-57(72(14,15)38-37-71(56,12)13)44-59(58)75(60)48-29-31-52-54(39-48)69(8,9)35-33-67(52,4)5/h16-32,39-44,64-65H,33-38H2,1-15H3/i16D,17D,18D,21D,22D. The lowest BCUT2D eigenvalue weighted by atomic mass is 9.32. The molecule has 2 unspecified atom stereocenters. The smallest absolute Gasteiger partial charge is 0.267 e. The molecule has 0 aromatic heterocycles. The van der Waals surface area contributed by atoms with Gasteiger partial charge in [-0.05, 0) is 199 Å². The average Bonchev–Trinajstić information content (AvgIpc) is 1.35. The van der Waals surface area contributed by atoms with E-state index in [9.17, 15) is 5.48 Å². The number of para-hydroxylation sites is 2. The summed E-state index contributed by atoms with van der Waals surface area (Å²) >= 11 is 0. The molecular formula is C72H82BN3O. The first-order valence-corrected chi connectivity index (χ1v) is 28.8. The van der Waals surface area contributed by atoms with Crippen molar-refractivity contribution in [2.24, 2.45) is 0 Å². The minimum absolute atomic E-state index is 0.00160. The van der Waals surface area contributed by atoms with Gasteiger partial charge in [0.25, 0.3) is 6.71 Å². The maximum absolute atomic E-state index is 9.78. The van der Waals surface area contributed by atoms with Crippen LogP contribution in [0.3, 0.4) is 0 Å². The van der Waals surface area contributed by atoms with Crippen LogP contribution in [0.25, 0.3) is 0 Å². The molecule has 5 heteroatoms. The number of hydrogen-bond acceptors (Lipinski definition) is 4. The van der Waals surface area contributed by atoms with Gasteiger partial charge >= 0.3 is 0 Å². The lowest BCUT2D eigenvalue weighted by Crippen LogP contribution is -2.65. The Bertz CT molecular complexity index is 3820. The fourth-order valence-corrected chi connectivity index (χ4v) is 14.9. The molecule has 3 heterocycles. The van der Waals surface area contributed by atoms with Crippen LogP contribution in [0.4, 0.5) is 45.5 Å². The Kier molecular flexibility index (Phi) is 9.69. The third kappa shape index (κ3) is 7.73. The van der Waals surface area contributed by atoms with Crippen molar-refractivity contribution < 1.29 is 11.6 Å². The van der Waals surface area contributed by atoms with Crippen LogP contribution in [0.15, 0.2) is 139 Å². The van der Waals surface area contributed by atoms with Crippen LogP contribution in [0, 0.1) is 0 Å². The number of anilines is 8. The van der Waals surface area contributed by atoms with Gasteiger partial charge in [-0.2, -0.15) is 0 Å². The highest BCUT2D eigenvalue weighted by molar-refractivity contribution is 6.91. The van der Waals surface area contributed by atoms with Gasteiger partial charge in [0.2, 0.25) is 0 Å². The molecule has 2 atom stereocenters. The van der Waals surface area contributed by atoms with E-state index in [-0.39, 0.29) is 86.5 Å². The molecule has 6 aliphatic rings. The summed E-state index contributed by atoms with van der Waals surface area (Å²) in [7, 11) is 0. The zero-order valence-corrected chi connectivity index (χ0v) is 48.6. The highest BCUT2D eigenvalue weighted by Gasteiger charge is 2.57. The van der Waals surface area contributed by atoms with Gasteiger partial charge in [0, 0.05) is 45.4 Å². The van der Waals surface area contributed by atoms with Crippen LogP contribution in [-0.4, -0.2) is 12.7 Å². The molecule has 7 aromatic carbocycles. The molecule has 0 bridgehead atoms. The van der Waals surface area contributed by atoms with Gasteiger partial charge in [-0.3, -0.25) is 0 Å². The SMILES string of the molecule is [2H]c1c([2H])c([2H])c(N(c2ccc(C(C)(C)C)cc2)c2cc3c4c(c2)N(c2ccc5c(c2)C(C)(C)CCC5(C)C)C2c5ccccc5OC2B4c2cc4c(cc2N3c2ccc3c(c2)C(C)(C)CCC3(C)C)C(C)(C)CCC4(C)C)c([2H])c1[2H]. The predicted molar refractivity (Wildman–Crippen MR) is 328 cm³/mol. The molecular weight excluding hydrogens is 934 g/mol. The van der Waals surface area contributed by atoms with E-state index in [4.69, 9.17) is 6.11 Å². The second-order valence-electron chi connectivity index (χ2n) is 29.0. The maximum atomic E-state index is 9.78. The van der Waals surface area contributed by atoms with Crippen molar-refractivity contribution in [3.8, 4) is 5.75 Å². The van der Waals surface area contributed by atoms with Crippen LogP contribution in [0.2, 0.25) is 0 Å². The largest absolute Gasteiger partial charge is 0.495 e. The Hall–Kier alpha value is -6.20. The minimum atomic E-state index is -0.420. The summed E-state index contributed by atoms with van der Waals surface area (Å²) < 4.78 is 54.4. The van der Waals surface area contributed by atoms with E-state index in [2.05, 4.69) is 223 Å². The first-order chi connectivity index (χ1) is 38.3. The van der Waals surface area contributed by atoms with E-state index in [1.54, 1.807) is 0 Å². The highest BCUT2D eigenvalue weighted by Crippen LogP contribution is 2.58. The Balaban J connectivity index is 1.20. The first kappa shape index (κ1) is 44.8. The van der Waals surface area contributed by atoms with Gasteiger partial charge in [-0.15, -0.1) is 0 Å². The molecule has 77 heavy (non-hydrogen) atoms. The van der Waals surface area contributed by atoms with Gasteiger partial charge < -0.3 is 19.4 Å². The molecule has 3 aliphatic carbocycles. The van der Waals surface area contributed by atoms with Crippen molar-refractivity contribution in [2.75, 3.05) is 14.7 Å². The molecule has 4 nitrogen and oxygen atoms in total. The van der Waals surface area contributed by atoms with E-state index < -0.39 is 6.04 Å². The summed E-state index contributed by atoms with van der Waals surface area (Å²) in [6.07, 6.45) is 6.50. The number of ether oxygens (including phenoxy) is 1. The molecule has 0 saturated heterocycles. The number of fused-ring (bicyclic) bond motifs is 9. The molecule has 0 radical (unpaired) electrons. The molecule has 7 aromatic rings. The summed E-state index contributed by atoms with van der Waals surface area (Å²) in [5.74, 6) is 0.888. The second kappa shape index (κ2) is 16.7. The molecule has 0 fully saturated rings. The zero-order chi connectivity index (χ0) is 58.5. The van der Waals surface area contributed by atoms with Crippen LogP contribution in [0.1, 0.15) is 200 Å². The summed E-state index contributed by atoms with van der Waals surface area (Å²) in [6.45, 7) is 35.3. The summed E-state index contributed by atoms with van der Waals surface area (Å²) in [4.78, 5) is 7.07. The van der Waals surface area contributed by atoms with Crippen molar-refractivity contribution in [3.63, 3.8) is 0 Å². The summed E-state index contributed by atoms with van der Waals surface area (Å²) in [5.41, 5.74) is 19.2. The third-order valence-electron chi connectivity index (χ3n) is 20.1. The first-order valence-electron chi connectivity index (χ1n) is 31.3. The van der Waals surface area contributed by atoms with Crippen molar-refractivity contribution in [1.29, 1.82) is 0 Å². The average molecular weight is 1020 g/mol. The minimum Gasteiger partial charge on any atom is -0.495 e. The van der Waals surface area contributed by atoms with E-state index in [1.165, 1.54) is 38.8 Å². The number of rotatable bonds is 5. The molecule has 0 saturated carbocycles. The van der Waals surface area contributed by atoms with Crippen LogP contribution in [0.5, 0.6) is 5.75 Å². The fourth-order valence-electron chi connectivity index (χ4n) is 14.9. The maximum Gasteiger partial charge on any atom is 0.267 e. The van der Waals surface area contributed by atoms with Crippen molar-refractivity contribution in [3.05, 3.63) is 184 Å². The van der Waals surface area contributed by atoms with Crippen LogP contribution in [-0.2, 0) is 37.9 Å². The van der Waals surface area contributed by atoms with Crippen molar-refractivity contribution >= 4 is 63.1 Å². The molecule has 394 valence electrons. The van der Waals surface area contributed by atoms with Crippen molar-refractivity contribution in [2.45, 2.75) is 192 Å². The summed E-state index contributed by atoms with van der Waals surface area (Å²) in [5, 5.41) is 0. The lowest BCUT2D eigenvalue weighted by molar-refractivity contribution is 0.282. The number of benzene rings is 7. The predicted octanol–water partition coefficient (Wildman–Crippen LogP) is 18.1. The Morgan fingerprint density at radius 3 is 1.60 bits per heavy atom. The Morgan fingerprint density at radius 2 is 1.01 bits per heavy atom. The highest BCUT2D eigenvalue weighted by atomic mass is 16.5. The van der Waals surface area contributed by atoms with E-state index in [0.29, 0.717) is 11.4 Å². The monoisotopic (exact) mass is 1020 g/mol. The zero-order valence-electron chi connectivity index (χ0n) is 53.6.